The molecule has 116 valence electrons. The predicted molar refractivity (Wildman–Crippen MR) is 90.8 cm³/mol. The zero-order chi connectivity index (χ0) is 15.8. The normalized spacial score (nSPS) is 11.1. The molecule has 0 bridgehead atoms. The van der Waals surface area contributed by atoms with E-state index in [1.807, 2.05) is 55.6 Å². The number of hydrogen-bond acceptors (Lipinski definition) is 5. The van der Waals surface area contributed by atoms with Crippen molar-refractivity contribution in [1.29, 1.82) is 0 Å². The molecule has 1 aromatic carbocycles. The molecule has 0 saturated heterocycles. The smallest absolute Gasteiger partial charge is 0.259 e. The van der Waals surface area contributed by atoms with Crippen molar-refractivity contribution in [3.8, 4) is 5.75 Å². The fourth-order valence-corrected chi connectivity index (χ4v) is 2.42. The molecule has 2 N–H and O–H groups in total. The van der Waals surface area contributed by atoms with Gasteiger partial charge in [-0.05, 0) is 49.6 Å². The Hall–Kier alpha value is -2.34. The van der Waals surface area contributed by atoms with E-state index in [0.717, 1.165) is 22.0 Å². The number of benzene rings is 1. The molecule has 1 amide bonds. The van der Waals surface area contributed by atoms with E-state index >= 15 is 0 Å². The van der Waals surface area contributed by atoms with Crippen LogP contribution in [0.1, 0.15) is 18.7 Å². The number of hydrazone groups is 1. The van der Waals surface area contributed by atoms with Crippen LogP contribution in [0.15, 0.2) is 46.9 Å². The van der Waals surface area contributed by atoms with Crippen LogP contribution in [-0.2, 0) is 4.79 Å². The number of rotatable bonds is 7. The van der Waals surface area contributed by atoms with Crippen molar-refractivity contribution >= 4 is 28.6 Å². The first-order chi connectivity index (χ1) is 10.7. The first-order valence-corrected chi connectivity index (χ1v) is 7.90. The molecular formula is C16H19N3O2S. The summed E-state index contributed by atoms with van der Waals surface area (Å²) in [5, 5.41) is 9.10. The highest BCUT2D eigenvalue weighted by molar-refractivity contribution is 7.12. The van der Waals surface area contributed by atoms with E-state index < -0.39 is 0 Å². The second kappa shape index (κ2) is 8.19. The van der Waals surface area contributed by atoms with Gasteiger partial charge >= 0.3 is 0 Å². The maximum Gasteiger partial charge on any atom is 0.259 e. The minimum atomic E-state index is -0.190. The molecule has 0 aliphatic rings. The highest BCUT2D eigenvalue weighted by Crippen LogP contribution is 2.15. The van der Waals surface area contributed by atoms with E-state index in [1.165, 1.54) is 0 Å². The Morgan fingerprint density at radius 3 is 2.68 bits per heavy atom. The fraction of sp³-hybridized carbons (Fsp3) is 0.250. The summed E-state index contributed by atoms with van der Waals surface area (Å²) in [6.07, 6.45) is 0. The number of nitrogens with one attached hydrogen (secondary N) is 2. The standard InChI is InChI=1S/C16H19N3O2S/c1-3-21-14-8-6-13(7-9-14)17-11-16(20)19-18-12(2)15-5-4-10-22-15/h4-10,17H,3,11H2,1-2H3,(H,19,20). The molecular weight excluding hydrogens is 298 g/mol. The Morgan fingerprint density at radius 1 is 1.27 bits per heavy atom. The number of anilines is 1. The fourth-order valence-electron chi connectivity index (χ4n) is 1.74. The minimum absolute atomic E-state index is 0.162. The van der Waals surface area contributed by atoms with Crippen LogP contribution < -0.4 is 15.5 Å². The van der Waals surface area contributed by atoms with Crippen molar-refractivity contribution < 1.29 is 9.53 Å². The summed E-state index contributed by atoms with van der Waals surface area (Å²) in [6, 6.07) is 11.4. The van der Waals surface area contributed by atoms with E-state index in [1.54, 1.807) is 11.3 Å². The summed E-state index contributed by atoms with van der Waals surface area (Å²) in [6.45, 7) is 4.60. The molecule has 0 spiro atoms. The molecule has 0 aliphatic carbocycles. The van der Waals surface area contributed by atoms with Crippen LogP contribution in [0.25, 0.3) is 0 Å². The Morgan fingerprint density at radius 2 is 2.05 bits per heavy atom. The predicted octanol–water partition coefficient (Wildman–Crippen LogP) is 3.10. The lowest BCUT2D eigenvalue weighted by Crippen LogP contribution is -2.26. The second-order valence-corrected chi connectivity index (χ2v) is 5.47. The molecule has 0 aliphatic heterocycles. The number of carbonyl (C=O) groups excluding carboxylic acids is 1. The zero-order valence-electron chi connectivity index (χ0n) is 12.6. The van der Waals surface area contributed by atoms with Gasteiger partial charge in [-0.25, -0.2) is 5.43 Å². The number of nitrogens with zero attached hydrogens (tertiary/aromatic N) is 1. The summed E-state index contributed by atoms with van der Waals surface area (Å²) >= 11 is 1.59. The Balaban J connectivity index is 1.79. The van der Waals surface area contributed by atoms with E-state index in [-0.39, 0.29) is 12.5 Å². The molecule has 0 saturated carbocycles. The topological polar surface area (TPSA) is 62.7 Å². The first-order valence-electron chi connectivity index (χ1n) is 7.02. The summed E-state index contributed by atoms with van der Waals surface area (Å²) in [4.78, 5) is 12.8. The molecule has 1 heterocycles. The number of ether oxygens (including phenoxy) is 1. The first kappa shape index (κ1) is 16.0. The van der Waals surface area contributed by atoms with Crippen LogP contribution in [0.3, 0.4) is 0 Å². The highest BCUT2D eigenvalue weighted by Gasteiger charge is 2.02. The molecule has 1 aromatic heterocycles. The second-order valence-electron chi connectivity index (χ2n) is 4.52. The molecule has 22 heavy (non-hydrogen) atoms. The van der Waals surface area contributed by atoms with Crippen LogP contribution >= 0.6 is 11.3 Å². The van der Waals surface area contributed by atoms with Gasteiger partial charge in [0.1, 0.15) is 5.75 Å². The van der Waals surface area contributed by atoms with E-state index in [2.05, 4.69) is 15.8 Å². The number of amides is 1. The van der Waals surface area contributed by atoms with Crippen LogP contribution in [0, 0.1) is 0 Å². The van der Waals surface area contributed by atoms with Crippen molar-refractivity contribution in [2.45, 2.75) is 13.8 Å². The van der Waals surface area contributed by atoms with Crippen LogP contribution in [0.4, 0.5) is 5.69 Å². The summed E-state index contributed by atoms with van der Waals surface area (Å²) < 4.78 is 5.36. The van der Waals surface area contributed by atoms with Gasteiger partial charge in [-0.2, -0.15) is 5.10 Å². The van der Waals surface area contributed by atoms with E-state index in [4.69, 9.17) is 4.74 Å². The van der Waals surface area contributed by atoms with E-state index in [0.29, 0.717) is 6.61 Å². The lowest BCUT2D eigenvalue weighted by molar-refractivity contribution is -0.119. The van der Waals surface area contributed by atoms with Gasteiger partial charge in [-0.3, -0.25) is 4.79 Å². The highest BCUT2D eigenvalue weighted by atomic mass is 32.1. The van der Waals surface area contributed by atoms with Crippen molar-refractivity contribution in [2.24, 2.45) is 5.10 Å². The van der Waals surface area contributed by atoms with Crippen LogP contribution in [0.5, 0.6) is 5.75 Å². The van der Waals surface area contributed by atoms with Gasteiger partial charge in [0.05, 0.1) is 18.9 Å². The van der Waals surface area contributed by atoms with Gasteiger partial charge < -0.3 is 10.1 Å². The monoisotopic (exact) mass is 317 g/mol. The van der Waals surface area contributed by atoms with Gasteiger partial charge in [0.2, 0.25) is 0 Å². The minimum Gasteiger partial charge on any atom is -0.494 e. The summed E-state index contributed by atoms with van der Waals surface area (Å²) in [5.41, 5.74) is 4.20. The molecule has 0 radical (unpaired) electrons. The lowest BCUT2D eigenvalue weighted by atomic mass is 10.3. The maximum absolute atomic E-state index is 11.8. The van der Waals surface area contributed by atoms with Gasteiger partial charge in [-0.1, -0.05) is 6.07 Å². The van der Waals surface area contributed by atoms with Gasteiger partial charge in [0.15, 0.2) is 0 Å². The van der Waals surface area contributed by atoms with Crippen molar-refractivity contribution in [2.75, 3.05) is 18.5 Å². The third-order valence-corrected chi connectivity index (χ3v) is 3.82. The van der Waals surface area contributed by atoms with Gasteiger partial charge in [-0.15, -0.1) is 11.3 Å². The third kappa shape index (κ3) is 4.89. The van der Waals surface area contributed by atoms with E-state index in [9.17, 15) is 4.79 Å². The van der Waals surface area contributed by atoms with Gasteiger partial charge in [0.25, 0.3) is 5.91 Å². The molecule has 2 rings (SSSR count). The summed E-state index contributed by atoms with van der Waals surface area (Å²) in [7, 11) is 0. The number of thiophene rings is 1. The maximum atomic E-state index is 11.8. The number of carbonyl (C=O) groups is 1. The largest absolute Gasteiger partial charge is 0.494 e. The van der Waals surface area contributed by atoms with Crippen molar-refractivity contribution in [3.63, 3.8) is 0 Å². The molecule has 0 atom stereocenters. The van der Waals surface area contributed by atoms with Crippen LogP contribution in [0.2, 0.25) is 0 Å². The molecule has 0 unspecified atom stereocenters. The molecule has 0 fully saturated rings. The molecule has 2 aromatic rings. The Bertz CT molecular complexity index is 621. The number of hydrogen-bond donors (Lipinski definition) is 2. The quantitative estimate of drug-likeness (QED) is 0.609. The Kier molecular flexibility index (Phi) is 5.97. The van der Waals surface area contributed by atoms with Crippen molar-refractivity contribution in [3.05, 3.63) is 46.7 Å². The van der Waals surface area contributed by atoms with Crippen LogP contribution in [-0.4, -0.2) is 24.8 Å². The third-order valence-electron chi connectivity index (χ3n) is 2.84. The molecule has 5 nitrogen and oxygen atoms in total. The SMILES string of the molecule is CCOc1ccc(NCC(=O)NN=C(C)c2cccs2)cc1. The van der Waals surface area contributed by atoms with Crippen molar-refractivity contribution in [1.82, 2.24) is 5.43 Å². The summed E-state index contributed by atoms with van der Waals surface area (Å²) in [5.74, 6) is 0.624. The average molecular weight is 317 g/mol. The zero-order valence-corrected chi connectivity index (χ0v) is 13.4. The van der Waals surface area contributed by atoms with Gasteiger partial charge in [0, 0.05) is 10.6 Å². The molecule has 6 heteroatoms. The average Bonchev–Trinajstić information content (AvgIpc) is 3.07. The Labute approximate surface area is 134 Å². The lowest BCUT2D eigenvalue weighted by Gasteiger charge is -2.07.